The molecule has 0 bridgehead atoms. The third kappa shape index (κ3) is 4.23. The lowest BCUT2D eigenvalue weighted by molar-refractivity contribution is -0.119. The molecule has 104 valence electrons. The minimum atomic E-state index is -0.251. The summed E-state index contributed by atoms with van der Waals surface area (Å²) in [6, 6.07) is 7.62. The Bertz CT molecular complexity index is 411. The summed E-state index contributed by atoms with van der Waals surface area (Å²) in [7, 11) is 0. The van der Waals surface area contributed by atoms with Gasteiger partial charge in [-0.25, -0.2) is 0 Å². The molecule has 3 N–H and O–H groups in total. The largest absolute Gasteiger partial charge is 0.373 e. The number of amides is 1. The van der Waals surface area contributed by atoms with Crippen molar-refractivity contribution in [2.45, 2.75) is 44.6 Å². The van der Waals surface area contributed by atoms with E-state index in [2.05, 4.69) is 21.2 Å². The van der Waals surface area contributed by atoms with Crippen molar-refractivity contribution in [3.8, 4) is 0 Å². The molecule has 0 spiro atoms. The molecule has 1 aliphatic rings. The van der Waals surface area contributed by atoms with Crippen LogP contribution in [-0.4, -0.2) is 11.9 Å². The molecule has 0 aliphatic heterocycles. The van der Waals surface area contributed by atoms with Crippen molar-refractivity contribution in [2.75, 3.05) is 5.32 Å². The Hall–Kier alpha value is -1.03. The van der Waals surface area contributed by atoms with Crippen LogP contribution in [0.2, 0.25) is 0 Å². The first kappa shape index (κ1) is 14.4. The third-order valence-electron chi connectivity index (χ3n) is 3.84. The van der Waals surface area contributed by atoms with E-state index in [-0.39, 0.29) is 11.9 Å². The summed E-state index contributed by atoms with van der Waals surface area (Å²) in [4.78, 5) is 11.7. The molecule has 0 aromatic heterocycles. The summed E-state index contributed by atoms with van der Waals surface area (Å²) in [5, 5.41) is 3.31. The van der Waals surface area contributed by atoms with Crippen LogP contribution >= 0.6 is 15.9 Å². The summed E-state index contributed by atoms with van der Waals surface area (Å²) in [6.07, 6.45) is 7.15. The number of anilines is 1. The lowest BCUT2D eigenvalue weighted by Crippen LogP contribution is -2.41. The van der Waals surface area contributed by atoms with Gasteiger partial charge in [0.25, 0.3) is 0 Å². The van der Waals surface area contributed by atoms with Gasteiger partial charge in [-0.05, 0) is 43.0 Å². The maximum Gasteiger partial charge on any atom is 0.240 e. The highest BCUT2D eigenvalue weighted by Gasteiger charge is 2.26. The molecular weight excluding hydrogens is 304 g/mol. The van der Waals surface area contributed by atoms with Gasteiger partial charge in [-0.15, -0.1) is 0 Å². The van der Waals surface area contributed by atoms with E-state index in [1.54, 1.807) is 0 Å². The normalized spacial score (nSPS) is 18.6. The van der Waals surface area contributed by atoms with Gasteiger partial charge in [0.2, 0.25) is 5.91 Å². The van der Waals surface area contributed by atoms with Crippen LogP contribution in [0.4, 0.5) is 5.69 Å². The summed E-state index contributed by atoms with van der Waals surface area (Å²) in [5.74, 6) is 0.124. The number of carbonyl (C=O) groups excluding carboxylic acids is 1. The first-order valence-corrected chi connectivity index (χ1v) is 7.77. The van der Waals surface area contributed by atoms with Crippen LogP contribution in [0.5, 0.6) is 0 Å². The smallest absolute Gasteiger partial charge is 0.240 e. The fraction of sp³-hybridized carbons (Fsp3) is 0.533. The van der Waals surface area contributed by atoms with Crippen LogP contribution in [0.1, 0.15) is 38.5 Å². The van der Waals surface area contributed by atoms with Gasteiger partial charge in [0, 0.05) is 10.2 Å². The van der Waals surface area contributed by atoms with E-state index < -0.39 is 0 Å². The number of carbonyl (C=O) groups is 1. The van der Waals surface area contributed by atoms with Crippen LogP contribution in [-0.2, 0) is 4.79 Å². The molecule has 1 amide bonds. The number of hydrogen-bond acceptors (Lipinski definition) is 2. The predicted molar refractivity (Wildman–Crippen MR) is 81.9 cm³/mol. The Balaban J connectivity index is 2.06. The highest BCUT2D eigenvalue weighted by Crippen LogP contribution is 2.27. The molecule has 1 aliphatic carbocycles. The molecule has 0 radical (unpaired) electrons. The number of halogens is 1. The minimum absolute atomic E-state index is 0.241. The van der Waals surface area contributed by atoms with Crippen molar-refractivity contribution in [1.29, 1.82) is 0 Å². The molecule has 1 aromatic carbocycles. The van der Waals surface area contributed by atoms with E-state index in [0.29, 0.717) is 5.92 Å². The molecule has 1 fully saturated rings. The molecule has 0 heterocycles. The monoisotopic (exact) mass is 324 g/mol. The van der Waals surface area contributed by atoms with Crippen molar-refractivity contribution >= 4 is 27.5 Å². The molecular formula is C15H21BrN2O. The van der Waals surface area contributed by atoms with E-state index in [0.717, 1.165) is 23.0 Å². The first-order chi connectivity index (χ1) is 9.16. The van der Waals surface area contributed by atoms with Crippen molar-refractivity contribution in [3.05, 3.63) is 28.7 Å². The predicted octanol–water partition coefficient (Wildman–Crippen LogP) is 3.69. The van der Waals surface area contributed by atoms with Crippen LogP contribution in [0, 0.1) is 5.92 Å². The molecule has 3 nitrogen and oxygen atoms in total. The van der Waals surface area contributed by atoms with Crippen LogP contribution < -0.4 is 11.1 Å². The van der Waals surface area contributed by atoms with Gasteiger partial charge in [-0.2, -0.15) is 0 Å². The molecule has 1 atom stereocenters. The van der Waals surface area contributed by atoms with Crippen molar-refractivity contribution in [2.24, 2.45) is 11.7 Å². The van der Waals surface area contributed by atoms with Gasteiger partial charge in [0.15, 0.2) is 0 Å². The second kappa shape index (κ2) is 6.94. The van der Waals surface area contributed by atoms with E-state index in [1.807, 2.05) is 24.3 Å². The van der Waals surface area contributed by atoms with Gasteiger partial charge in [-0.1, -0.05) is 41.6 Å². The Kier molecular flexibility index (Phi) is 5.25. The maximum absolute atomic E-state index is 11.7. The zero-order chi connectivity index (χ0) is 13.7. The van der Waals surface area contributed by atoms with E-state index in [4.69, 9.17) is 5.73 Å². The summed E-state index contributed by atoms with van der Waals surface area (Å²) in [6.45, 7) is 0. The second-order valence-corrected chi connectivity index (χ2v) is 6.20. The Morgan fingerprint density at radius 1 is 1.16 bits per heavy atom. The van der Waals surface area contributed by atoms with Gasteiger partial charge >= 0.3 is 0 Å². The average molecular weight is 325 g/mol. The summed E-state index contributed by atoms with van der Waals surface area (Å²) in [5.41, 5.74) is 6.54. The lowest BCUT2D eigenvalue weighted by Gasteiger charge is -2.25. The molecule has 1 aromatic rings. The quantitative estimate of drug-likeness (QED) is 0.830. The van der Waals surface area contributed by atoms with E-state index in [9.17, 15) is 4.79 Å². The summed E-state index contributed by atoms with van der Waals surface area (Å²) >= 11 is 3.41. The van der Waals surface area contributed by atoms with E-state index in [1.165, 1.54) is 25.7 Å². The van der Waals surface area contributed by atoms with Gasteiger partial charge in [-0.3, -0.25) is 4.79 Å². The van der Waals surface area contributed by atoms with Crippen molar-refractivity contribution in [1.82, 2.24) is 0 Å². The van der Waals surface area contributed by atoms with E-state index >= 15 is 0 Å². The maximum atomic E-state index is 11.7. The number of nitrogens with one attached hydrogen (secondary N) is 1. The van der Waals surface area contributed by atoms with Crippen LogP contribution in [0.25, 0.3) is 0 Å². The summed E-state index contributed by atoms with van der Waals surface area (Å²) < 4.78 is 1.03. The highest BCUT2D eigenvalue weighted by molar-refractivity contribution is 9.10. The number of primary amides is 1. The Morgan fingerprint density at radius 2 is 1.74 bits per heavy atom. The molecule has 4 heteroatoms. The molecule has 19 heavy (non-hydrogen) atoms. The van der Waals surface area contributed by atoms with Crippen molar-refractivity contribution < 1.29 is 4.79 Å². The SMILES string of the molecule is NC(=O)C(Nc1ccc(Br)cc1)C1CCCCCC1. The Morgan fingerprint density at radius 3 is 2.26 bits per heavy atom. The number of rotatable bonds is 4. The average Bonchev–Trinajstić information content (AvgIpc) is 2.66. The Labute approximate surface area is 123 Å². The minimum Gasteiger partial charge on any atom is -0.373 e. The topological polar surface area (TPSA) is 55.1 Å². The zero-order valence-electron chi connectivity index (χ0n) is 11.1. The van der Waals surface area contributed by atoms with Gasteiger partial charge < -0.3 is 11.1 Å². The van der Waals surface area contributed by atoms with Crippen LogP contribution in [0.3, 0.4) is 0 Å². The molecule has 1 unspecified atom stereocenters. The molecule has 1 saturated carbocycles. The fourth-order valence-electron chi connectivity index (χ4n) is 2.79. The molecule has 0 saturated heterocycles. The molecule has 2 rings (SSSR count). The number of nitrogens with two attached hydrogens (primary N) is 1. The second-order valence-electron chi connectivity index (χ2n) is 5.28. The number of hydrogen-bond donors (Lipinski definition) is 2. The lowest BCUT2D eigenvalue weighted by atomic mass is 9.91. The highest BCUT2D eigenvalue weighted by atomic mass is 79.9. The standard InChI is InChI=1S/C15H21BrN2O/c16-12-7-9-13(10-8-12)18-14(15(17)19)11-5-3-1-2-4-6-11/h7-11,14,18H,1-6H2,(H2,17,19). The zero-order valence-corrected chi connectivity index (χ0v) is 12.7. The van der Waals surface area contributed by atoms with Gasteiger partial charge in [0.05, 0.1) is 0 Å². The first-order valence-electron chi connectivity index (χ1n) is 6.98. The fourth-order valence-corrected chi connectivity index (χ4v) is 3.06. The third-order valence-corrected chi connectivity index (χ3v) is 4.37. The van der Waals surface area contributed by atoms with Gasteiger partial charge in [0.1, 0.15) is 6.04 Å². The van der Waals surface area contributed by atoms with Crippen LogP contribution in [0.15, 0.2) is 28.7 Å². The number of benzene rings is 1. The van der Waals surface area contributed by atoms with Crippen molar-refractivity contribution in [3.63, 3.8) is 0 Å².